The van der Waals surface area contributed by atoms with Crippen molar-refractivity contribution >= 4 is 11.7 Å². The Labute approximate surface area is 96.0 Å². The molecule has 1 heterocycles. The van der Waals surface area contributed by atoms with Crippen LogP contribution in [0.15, 0.2) is 6.07 Å². The van der Waals surface area contributed by atoms with E-state index in [0.717, 1.165) is 5.69 Å². The molecular formula is C11H20N4O. The van der Waals surface area contributed by atoms with Crippen molar-refractivity contribution in [1.29, 1.82) is 0 Å². The molecule has 0 aliphatic heterocycles. The van der Waals surface area contributed by atoms with Crippen LogP contribution < -0.4 is 11.1 Å². The number of hydrogen-bond donors (Lipinski definition) is 2. The van der Waals surface area contributed by atoms with E-state index in [2.05, 4.69) is 10.4 Å². The second-order valence-electron chi connectivity index (χ2n) is 4.52. The number of aromatic nitrogens is 2. The second kappa shape index (κ2) is 5.12. The van der Waals surface area contributed by atoms with Gasteiger partial charge in [0.25, 0.3) is 0 Å². The Hall–Kier alpha value is -1.36. The summed E-state index contributed by atoms with van der Waals surface area (Å²) in [6, 6.07) is 1.36. The lowest BCUT2D eigenvalue weighted by atomic mass is 10.0. The Morgan fingerprint density at radius 1 is 1.62 bits per heavy atom. The predicted molar refractivity (Wildman–Crippen MR) is 64.0 cm³/mol. The quantitative estimate of drug-likeness (QED) is 0.802. The van der Waals surface area contributed by atoms with E-state index >= 15 is 0 Å². The summed E-state index contributed by atoms with van der Waals surface area (Å²) in [6.07, 6.45) is 0.683. The third-order valence-electron chi connectivity index (χ3n) is 2.32. The molecule has 5 heteroatoms. The van der Waals surface area contributed by atoms with Crippen molar-refractivity contribution in [2.75, 3.05) is 5.32 Å². The second-order valence-corrected chi connectivity index (χ2v) is 4.52. The summed E-state index contributed by atoms with van der Waals surface area (Å²) in [7, 11) is 1.79. The van der Waals surface area contributed by atoms with Gasteiger partial charge in [0.1, 0.15) is 5.82 Å². The van der Waals surface area contributed by atoms with Gasteiger partial charge < -0.3 is 11.1 Å². The fourth-order valence-corrected chi connectivity index (χ4v) is 1.56. The molecule has 0 aliphatic carbocycles. The number of aryl methyl sites for hydroxylation is 2. The number of carbonyl (C=O) groups is 1. The van der Waals surface area contributed by atoms with E-state index < -0.39 is 6.04 Å². The molecule has 1 amide bonds. The van der Waals surface area contributed by atoms with Gasteiger partial charge in [-0.3, -0.25) is 9.48 Å². The molecular weight excluding hydrogens is 204 g/mol. The number of nitrogens with zero attached hydrogens (tertiary/aromatic N) is 2. The lowest BCUT2D eigenvalue weighted by Crippen LogP contribution is -2.37. The first kappa shape index (κ1) is 12.7. The summed E-state index contributed by atoms with van der Waals surface area (Å²) in [4.78, 5) is 11.7. The van der Waals surface area contributed by atoms with Crippen molar-refractivity contribution in [2.45, 2.75) is 33.2 Å². The zero-order valence-electron chi connectivity index (χ0n) is 10.3. The van der Waals surface area contributed by atoms with Gasteiger partial charge in [0.15, 0.2) is 0 Å². The summed E-state index contributed by atoms with van der Waals surface area (Å²) in [5.41, 5.74) is 6.65. The average molecular weight is 224 g/mol. The summed E-state index contributed by atoms with van der Waals surface area (Å²) in [5.74, 6) is 0.937. The van der Waals surface area contributed by atoms with Gasteiger partial charge >= 0.3 is 0 Å². The minimum absolute atomic E-state index is 0.156. The molecule has 0 saturated heterocycles. The van der Waals surface area contributed by atoms with Crippen LogP contribution in [0.4, 0.5) is 5.82 Å². The fourth-order valence-electron chi connectivity index (χ4n) is 1.56. The third kappa shape index (κ3) is 3.34. The van der Waals surface area contributed by atoms with Gasteiger partial charge in [-0.1, -0.05) is 13.8 Å². The van der Waals surface area contributed by atoms with Crippen LogP contribution in [-0.2, 0) is 11.8 Å². The third-order valence-corrected chi connectivity index (χ3v) is 2.32. The zero-order valence-corrected chi connectivity index (χ0v) is 10.3. The largest absolute Gasteiger partial charge is 0.320 e. The van der Waals surface area contributed by atoms with E-state index in [4.69, 9.17) is 5.73 Å². The molecule has 5 nitrogen and oxygen atoms in total. The monoisotopic (exact) mass is 224 g/mol. The van der Waals surface area contributed by atoms with Gasteiger partial charge in [0, 0.05) is 13.1 Å². The molecule has 0 spiro atoms. The first-order valence-electron chi connectivity index (χ1n) is 5.47. The number of rotatable bonds is 4. The Kier molecular flexibility index (Phi) is 4.06. The van der Waals surface area contributed by atoms with Crippen LogP contribution in [0.5, 0.6) is 0 Å². The molecule has 90 valence electrons. The molecule has 16 heavy (non-hydrogen) atoms. The molecule has 1 aromatic rings. The predicted octanol–water partition coefficient (Wildman–Crippen LogP) is 1.04. The molecule has 0 radical (unpaired) electrons. The van der Waals surface area contributed by atoms with Crippen molar-refractivity contribution in [3.63, 3.8) is 0 Å². The molecule has 3 N–H and O–H groups in total. The molecule has 0 saturated carbocycles. The molecule has 0 bridgehead atoms. The molecule has 1 atom stereocenters. The summed E-state index contributed by atoms with van der Waals surface area (Å²) in [5, 5.41) is 6.92. The Balaban J connectivity index is 2.60. The van der Waals surface area contributed by atoms with Crippen LogP contribution in [0.25, 0.3) is 0 Å². The lowest BCUT2D eigenvalue weighted by molar-refractivity contribution is -0.117. The van der Waals surface area contributed by atoms with Gasteiger partial charge in [-0.25, -0.2) is 0 Å². The van der Waals surface area contributed by atoms with Crippen LogP contribution in [-0.4, -0.2) is 21.7 Å². The van der Waals surface area contributed by atoms with Crippen molar-refractivity contribution < 1.29 is 4.79 Å². The van der Waals surface area contributed by atoms with E-state index in [-0.39, 0.29) is 5.91 Å². The van der Waals surface area contributed by atoms with Gasteiger partial charge in [0.2, 0.25) is 5.91 Å². The first-order chi connectivity index (χ1) is 7.40. The van der Waals surface area contributed by atoms with Gasteiger partial charge in [-0.2, -0.15) is 5.10 Å². The van der Waals surface area contributed by atoms with Crippen molar-refractivity contribution in [1.82, 2.24) is 9.78 Å². The molecule has 0 unspecified atom stereocenters. The summed E-state index contributed by atoms with van der Waals surface area (Å²) < 4.78 is 1.63. The molecule has 1 rings (SSSR count). The zero-order chi connectivity index (χ0) is 12.3. The highest BCUT2D eigenvalue weighted by Gasteiger charge is 2.16. The maximum atomic E-state index is 11.7. The number of carbonyl (C=O) groups excluding carboxylic acids is 1. The topological polar surface area (TPSA) is 72.9 Å². The molecule has 0 fully saturated rings. The highest BCUT2D eigenvalue weighted by atomic mass is 16.2. The molecule has 0 aromatic carbocycles. The highest BCUT2D eigenvalue weighted by Crippen LogP contribution is 2.10. The van der Waals surface area contributed by atoms with Gasteiger partial charge in [-0.05, 0) is 19.3 Å². The molecule has 1 aromatic heterocycles. The summed E-state index contributed by atoms with van der Waals surface area (Å²) in [6.45, 7) is 5.96. The van der Waals surface area contributed by atoms with Crippen LogP contribution in [0.3, 0.4) is 0 Å². The molecule has 0 aliphatic rings. The van der Waals surface area contributed by atoms with E-state index in [1.807, 2.05) is 26.8 Å². The highest BCUT2D eigenvalue weighted by molar-refractivity contribution is 5.93. The Bertz CT molecular complexity index is 370. The SMILES string of the molecule is Cc1cc(NC(=O)[C@H](N)CC(C)C)n(C)n1. The van der Waals surface area contributed by atoms with E-state index in [1.54, 1.807) is 11.7 Å². The minimum Gasteiger partial charge on any atom is -0.320 e. The number of nitrogens with one attached hydrogen (secondary N) is 1. The normalized spacial score (nSPS) is 12.9. The number of hydrogen-bond acceptors (Lipinski definition) is 3. The lowest BCUT2D eigenvalue weighted by Gasteiger charge is -2.13. The van der Waals surface area contributed by atoms with Crippen LogP contribution in [0, 0.1) is 12.8 Å². The Morgan fingerprint density at radius 2 is 2.25 bits per heavy atom. The summed E-state index contributed by atoms with van der Waals surface area (Å²) >= 11 is 0. The van der Waals surface area contributed by atoms with E-state index in [1.165, 1.54) is 0 Å². The van der Waals surface area contributed by atoms with E-state index in [0.29, 0.717) is 18.2 Å². The fraction of sp³-hybridized carbons (Fsp3) is 0.636. The minimum atomic E-state index is -0.463. The Morgan fingerprint density at radius 3 is 2.69 bits per heavy atom. The number of nitrogens with two attached hydrogens (primary N) is 1. The standard InChI is InChI=1S/C11H20N4O/c1-7(2)5-9(12)11(16)13-10-6-8(3)14-15(10)4/h6-7,9H,5,12H2,1-4H3,(H,13,16)/t9-/m1/s1. The first-order valence-corrected chi connectivity index (χ1v) is 5.47. The van der Waals surface area contributed by atoms with Gasteiger partial charge in [-0.15, -0.1) is 0 Å². The van der Waals surface area contributed by atoms with Crippen LogP contribution in [0.2, 0.25) is 0 Å². The smallest absolute Gasteiger partial charge is 0.242 e. The maximum absolute atomic E-state index is 11.7. The average Bonchev–Trinajstić information content (AvgIpc) is 2.43. The van der Waals surface area contributed by atoms with Crippen LogP contribution >= 0.6 is 0 Å². The number of amides is 1. The van der Waals surface area contributed by atoms with Crippen molar-refractivity contribution in [2.24, 2.45) is 18.7 Å². The van der Waals surface area contributed by atoms with Gasteiger partial charge in [0.05, 0.1) is 11.7 Å². The van der Waals surface area contributed by atoms with E-state index in [9.17, 15) is 4.79 Å². The van der Waals surface area contributed by atoms with Crippen LogP contribution in [0.1, 0.15) is 26.0 Å². The van der Waals surface area contributed by atoms with Crippen molar-refractivity contribution in [3.05, 3.63) is 11.8 Å². The van der Waals surface area contributed by atoms with Crippen molar-refractivity contribution in [3.8, 4) is 0 Å². The number of anilines is 1. The maximum Gasteiger partial charge on any atom is 0.242 e.